The van der Waals surface area contributed by atoms with E-state index in [1.165, 1.54) is 17.0 Å². The number of nitrogens with zero attached hydrogens (tertiary/aromatic N) is 2. The first-order valence-electron chi connectivity index (χ1n) is 14.1. The van der Waals surface area contributed by atoms with Gasteiger partial charge in [-0.05, 0) is 87.9 Å². The summed E-state index contributed by atoms with van der Waals surface area (Å²) < 4.78 is 34.9. The van der Waals surface area contributed by atoms with Crippen LogP contribution in [-0.2, 0) is 26.2 Å². The summed E-state index contributed by atoms with van der Waals surface area (Å²) in [6.45, 7) is 6.58. The summed E-state index contributed by atoms with van der Waals surface area (Å²) >= 11 is 6.43. The van der Waals surface area contributed by atoms with Gasteiger partial charge in [-0.15, -0.1) is 0 Å². The molecule has 4 aromatic rings. The second-order valence-corrected chi connectivity index (χ2v) is 13.5. The average Bonchev–Trinajstić information content (AvgIpc) is 2.99. The maximum atomic E-state index is 14.1. The maximum Gasteiger partial charge on any atom is 0.264 e. The number of halogens is 1. The second-order valence-electron chi connectivity index (χ2n) is 11.3. The molecule has 44 heavy (non-hydrogen) atoms. The number of sulfonamides is 1. The largest absolute Gasteiger partial charge is 0.457 e. The summed E-state index contributed by atoms with van der Waals surface area (Å²) in [5, 5.41) is 3.34. The molecule has 0 fully saturated rings. The number of hydrogen-bond acceptors (Lipinski definition) is 5. The van der Waals surface area contributed by atoms with Crippen LogP contribution in [0.1, 0.15) is 33.3 Å². The molecular weight excluding hydrogens is 598 g/mol. The van der Waals surface area contributed by atoms with E-state index in [1.54, 1.807) is 73.7 Å². The molecule has 8 nitrogen and oxygen atoms in total. The number of ether oxygens (including phenoxy) is 1. The minimum absolute atomic E-state index is 0.000312. The fourth-order valence-electron chi connectivity index (χ4n) is 4.42. The van der Waals surface area contributed by atoms with Gasteiger partial charge < -0.3 is 15.0 Å². The van der Waals surface area contributed by atoms with Gasteiger partial charge in [-0.25, -0.2) is 8.42 Å². The van der Waals surface area contributed by atoms with Crippen molar-refractivity contribution in [2.75, 3.05) is 10.8 Å². The van der Waals surface area contributed by atoms with Gasteiger partial charge in [0.05, 0.1) is 10.6 Å². The van der Waals surface area contributed by atoms with Crippen LogP contribution in [-0.4, -0.2) is 43.3 Å². The third-order valence-electron chi connectivity index (χ3n) is 6.68. The van der Waals surface area contributed by atoms with E-state index in [1.807, 2.05) is 51.1 Å². The summed E-state index contributed by atoms with van der Waals surface area (Å²) in [5.74, 6) is 0.168. The highest BCUT2D eigenvalue weighted by Crippen LogP contribution is 2.29. The van der Waals surface area contributed by atoms with Crippen molar-refractivity contribution in [1.82, 2.24) is 10.2 Å². The Morgan fingerprint density at radius 1 is 0.818 bits per heavy atom. The van der Waals surface area contributed by atoms with Gasteiger partial charge >= 0.3 is 0 Å². The molecule has 0 heterocycles. The lowest BCUT2D eigenvalue weighted by molar-refractivity contribution is -0.140. The van der Waals surface area contributed by atoms with Gasteiger partial charge in [0.15, 0.2) is 0 Å². The maximum absolute atomic E-state index is 14.1. The molecule has 0 aromatic heterocycles. The van der Waals surface area contributed by atoms with Crippen LogP contribution in [0.3, 0.4) is 0 Å². The van der Waals surface area contributed by atoms with Crippen LogP contribution < -0.4 is 14.4 Å². The Kier molecular flexibility index (Phi) is 10.3. The van der Waals surface area contributed by atoms with E-state index in [0.717, 1.165) is 4.31 Å². The van der Waals surface area contributed by atoms with Gasteiger partial charge in [-0.3, -0.25) is 13.9 Å². The van der Waals surface area contributed by atoms with Crippen LogP contribution in [0.25, 0.3) is 0 Å². The number of rotatable bonds is 11. The van der Waals surface area contributed by atoms with Crippen molar-refractivity contribution < 1.29 is 22.7 Å². The topological polar surface area (TPSA) is 96.0 Å². The number of benzene rings is 4. The molecule has 1 atom stereocenters. The first-order valence-corrected chi connectivity index (χ1v) is 15.9. The van der Waals surface area contributed by atoms with E-state index >= 15 is 0 Å². The molecule has 2 amide bonds. The molecule has 0 aliphatic rings. The average molecular weight is 634 g/mol. The Hall–Kier alpha value is -4.34. The Balaban J connectivity index is 1.70. The van der Waals surface area contributed by atoms with Gasteiger partial charge in [0.25, 0.3) is 10.0 Å². The predicted molar refractivity (Wildman–Crippen MR) is 173 cm³/mol. The van der Waals surface area contributed by atoms with E-state index in [2.05, 4.69) is 5.32 Å². The Morgan fingerprint density at radius 3 is 1.95 bits per heavy atom. The molecule has 4 rings (SSSR count). The molecule has 0 unspecified atom stereocenters. The van der Waals surface area contributed by atoms with E-state index in [4.69, 9.17) is 16.3 Å². The highest BCUT2D eigenvalue weighted by molar-refractivity contribution is 7.92. The number of amides is 2. The normalized spacial score (nSPS) is 12.2. The van der Waals surface area contributed by atoms with E-state index in [0.29, 0.717) is 22.1 Å². The number of carbonyl (C=O) groups is 2. The third kappa shape index (κ3) is 8.39. The number of anilines is 1. The minimum atomic E-state index is -4.19. The molecule has 0 saturated heterocycles. The fraction of sp³-hybridized carbons (Fsp3) is 0.235. The lowest BCUT2D eigenvalue weighted by atomic mass is 10.1. The smallest absolute Gasteiger partial charge is 0.264 e. The summed E-state index contributed by atoms with van der Waals surface area (Å²) in [5.41, 5.74) is 0.335. The monoisotopic (exact) mass is 633 g/mol. The van der Waals surface area contributed by atoms with Crippen molar-refractivity contribution in [3.05, 3.63) is 120 Å². The van der Waals surface area contributed by atoms with Crippen molar-refractivity contribution in [2.45, 2.75) is 50.7 Å². The second kappa shape index (κ2) is 14.0. The number of para-hydroxylation sites is 1. The SMILES string of the molecule is C[C@H](C(=O)NC(C)(C)C)N(Cc1ccccc1Cl)C(=O)CN(c1ccc(Oc2ccccc2)cc1)S(=O)(=O)c1ccccc1. The van der Waals surface area contributed by atoms with Gasteiger partial charge in [-0.1, -0.05) is 66.2 Å². The molecular formula is C34H36ClN3O5S. The van der Waals surface area contributed by atoms with Crippen molar-refractivity contribution in [3.63, 3.8) is 0 Å². The Morgan fingerprint density at radius 2 is 1.36 bits per heavy atom. The standard InChI is InChI=1S/C34H36ClN3O5S/c1-25(33(40)36-34(2,3)4)37(23-26-13-11-12-18-31(26)35)32(39)24-38(44(41,42)30-16-9-6-10-17-30)27-19-21-29(22-20-27)43-28-14-7-5-8-15-28/h5-22,25H,23-24H2,1-4H3,(H,36,40)/t25-/m1/s1. The van der Waals surface area contributed by atoms with Gasteiger partial charge in [-0.2, -0.15) is 0 Å². The van der Waals surface area contributed by atoms with E-state index in [-0.39, 0.29) is 23.0 Å². The lowest BCUT2D eigenvalue weighted by Crippen LogP contribution is -2.54. The van der Waals surface area contributed by atoms with Crippen LogP contribution in [0.4, 0.5) is 5.69 Å². The summed E-state index contributed by atoms with van der Waals surface area (Å²) in [7, 11) is -4.19. The molecule has 10 heteroatoms. The van der Waals surface area contributed by atoms with E-state index < -0.39 is 34.1 Å². The number of hydrogen-bond donors (Lipinski definition) is 1. The van der Waals surface area contributed by atoms with Crippen molar-refractivity contribution >= 4 is 39.1 Å². The number of carbonyl (C=O) groups excluding carboxylic acids is 2. The molecule has 0 spiro atoms. The van der Waals surface area contributed by atoms with Crippen molar-refractivity contribution in [1.29, 1.82) is 0 Å². The zero-order valence-corrected chi connectivity index (χ0v) is 26.7. The molecule has 230 valence electrons. The summed E-state index contributed by atoms with van der Waals surface area (Å²) in [6.07, 6.45) is 0. The quantitative estimate of drug-likeness (QED) is 0.199. The minimum Gasteiger partial charge on any atom is -0.457 e. The molecule has 1 N–H and O–H groups in total. The first kappa shape index (κ1) is 32.6. The molecule has 0 aliphatic heterocycles. The summed E-state index contributed by atoms with van der Waals surface area (Å²) in [6, 6.07) is 29.6. The zero-order valence-electron chi connectivity index (χ0n) is 25.1. The molecule has 0 bridgehead atoms. The van der Waals surface area contributed by atoms with Gasteiger partial charge in [0.1, 0.15) is 24.1 Å². The molecule has 0 aliphatic carbocycles. The highest BCUT2D eigenvalue weighted by atomic mass is 35.5. The van der Waals surface area contributed by atoms with Gasteiger partial charge in [0.2, 0.25) is 11.8 Å². The molecule has 0 radical (unpaired) electrons. The van der Waals surface area contributed by atoms with Crippen LogP contribution >= 0.6 is 11.6 Å². The third-order valence-corrected chi connectivity index (χ3v) is 8.83. The first-order chi connectivity index (χ1) is 20.8. The Bertz CT molecular complexity index is 1680. The zero-order chi connectivity index (χ0) is 31.9. The lowest BCUT2D eigenvalue weighted by Gasteiger charge is -2.33. The Labute approximate surface area is 264 Å². The highest BCUT2D eigenvalue weighted by Gasteiger charge is 2.33. The van der Waals surface area contributed by atoms with Crippen LogP contribution in [0.5, 0.6) is 11.5 Å². The van der Waals surface area contributed by atoms with E-state index in [9.17, 15) is 18.0 Å². The van der Waals surface area contributed by atoms with Crippen molar-refractivity contribution in [3.8, 4) is 11.5 Å². The molecule has 4 aromatic carbocycles. The van der Waals surface area contributed by atoms with Crippen LogP contribution in [0.2, 0.25) is 5.02 Å². The fourth-order valence-corrected chi connectivity index (χ4v) is 6.05. The van der Waals surface area contributed by atoms with Crippen molar-refractivity contribution in [2.24, 2.45) is 0 Å². The number of nitrogens with one attached hydrogen (secondary N) is 1. The van der Waals surface area contributed by atoms with Crippen LogP contribution in [0.15, 0.2) is 114 Å². The van der Waals surface area contributed by atoms with Gasteiger partial charge in [0, 0.05) is 17.1 Å². The molecule has 0 saturated carbocycles. The van der Waals surface area contributed by atoms with Crippen LogP contribution in [0, 0.1) is 0 Å². The summed E-state index contributed by atoms with van der Waals surface area (Å²) in [4.78, 5) is 28.7. The predicted octanol–water partition coefficient (Wildman–Crippen LogP) is 6.66.